The largest absolute Gasteiger partial charge is 0.368 e. The predicted molar refractivity (Wildman–Crippen MR) is 88.6 cm³/mol. The minimum absolute atomic E-state index is 0.169. The molecule has 0 aromatic rings. The van der Waals surface area contributed by atoms with Crippen molar-refractivity contribution in [3.8, 4) is 0 Å². The van der Waals surface area contributed by atoms with Gasteiger partial charge in [-0.05, 0) is 25.2 Å². The molecule has 1 aliphatic heterocycles. The Labute approximate surface area is 142 Å². The van der Waals surface area contributed by atoms with Crippen LogP contribution in [0, 0.1) is 5.92 Å². The number of nitrogens with one attached hydrogen (secondary N) is 3. The van der Waals surface area contributed by atoms with Crippen LogP contribution in [-0.2, 0) is 19.2 Å². The molecule has 24 heavy (non-hydrogen) atoms. The summed E-state index contributed by atoms with van der Waals surface area (Å²) in [5.74, 6) is -1.39. The van der Waals surface area contributed by atoms with Gasteiger partial charge in [0.05, 0.1) is 0 Å². The van der Waals surface area contributed by atoms with Gasteiger partial charge in [0.25, 0.3) is 0 Å². The van der Waals surface area contributed by atoms with Crippen molar-refractivity contribution >= 4 is 23.6 Å². The molecule has 1 heterocycles. The van der Waals surface area contributed by atoms with Crippen LogP contribution in [0.1, 0.15) is 52.9 Å². The number of carbonyl (C=O) groups is 4. The van der Waals surface area contributed by atoms with Crippen LogP contribution in [0.3, 0.4) is 0 Å². The van der Waals surface area contributed by atoms with E-state index >= 15 is 0 Å². The van der Waals surface area contributed by atoms with Gasteiger partial charge in [-0.15, -0.1) is 0 Å². The van der Waals surface area contributed by atoms with Gasteiger partial charge in [-0.3, -0.25) is 19.2 Å². The quantitative estimate of drug-likeness (QED) is 0.453. The third kappa shape index (κ3) is 6.17. The first-order valence-electron chi connectivity index (χ1n) is 8.44. The molecule has 4 amide bonds. The first-order chi connectivity index (χ1) is 11.2. The number of hydrogen-bond acceptors (Lipinski definition) is 4. The minimum atomic E-state index is -0.764. The third-order valence-corrected chi connectivity index (χ3v) is 3.89. The molecule has 0 bridgehead atoms. The van der Waals surface area contributed by atoms with E-state index in [0.29, 0.717) is 32.1 Å². The molecule has 0 spiro atoms. The maximum atomic E-state index is 12.4. The van der Waals surface area contributed by atoms with E-state index in [9.17, 15) is 19.2 Å². The van der Waals surface area contributed by atoms with E-state index in [4.69, 9.17) is 5.73 Å². The number of carbonyl (C=O) groups excluding carboxylic acids is 4. The SMILES string of the molecule is CCCC(NC(=O)C1CCC(=O)N1)C(=O)NC(CC(C)C)C(N)=O. The van der Waals surface area contributed by atoms with Crippen molar-refractivity contribution in [3.05, 3.63) is 0 Å². The van der Waals surface area contributed by atoms with Gasteiger partial charge >= 0.3 is 0 Å². The van der Waals surface area contributed by atoms with Crippen molar-refractivity contribution in [2.24, 2.45) is 11.7 Å². The fourth-order valence-electron chi connectivity index (χ4n) is 2.63. The summed E-state index contributed by atoms with van der Waals surface area (Å²) >= 11 is 0. The van der Waals surface area contributed by atoms with Crippen LogP contribution < -0.4 is 21.7 Å². The van der Waals surface area contributed by atoms with E-state index in [1.54, 1.807) is 0 Å². The van der Waals surface area contributed by atoms with Crippen LogP contribution in [0.4, 0.5) is 0 Å². The highest BCUT2D eigenvalue weighted by Gasteiger charge is 2.31. The molecule has 0 saturated carbocycles. The van der Waals surface area contributed by atoms with Crippen molar-refractivity contribution in [2.45, 2.75) is 71.0 Å². The molecule has 0 radical (unpaired) electrons. The van der Waals surface area contributed by atoms with E-state index in [0.717, 1.165) is 0 Å². The van der Waals surface area contributed by atoms with Crippen molar-refractivity contribution in [1.29, 1.82) is 0 Å². The van der Waals surface area contributed by atoms with Crippen LogP contribution in [0.15, 0.2) is 0 Å². The molecular formula is C16H28N4O4. The van der Waals surface area contributed by atoms with Gasteiger partial charge in [0, 0.05) is 6.42 Å². The predicted octanol–water partition coefficient (Wildman–Crippen LogP) is -0.434. The van der Waals surface area contributed by atoms with Gasteiger partial charge in [0.15, 0.2) is 0 Å². The summed E-state index contributed by atoms with van der Waals surface area (Å²) in [6.07, 6.45) is 2.28. The molecule has 8 nitrogen and oxygen atoms in total. The molecule has 0 aliphatic carbocycles. The molecule has 3 unspecified atom stereocenters. The lowest BCUT2D eigenvalue weighted by molar-refractivity contribution is -0.132. The Bertz CT molecular complexity index is 492. The van der Waals surface area contributed by atoms with Gasteiger partial charge in [0.1, 0.15) is 18.1 Å². The van der Waals surface area contributed by atoms with Gasteiger partial charge in [-0.25, -0.2) is 0 Å². The zero-order chi connectivity index (χ0) is 18.3. The average molecular weight is 340 g/mol. The van der Waals surface area contributed by atoms with Crippen LogP contribution in [-0.4, -0.2) is 41.8 Å². The molecule has 1 aliphatic rings. The fourth-order valence-corrected chi connectivity index (χ4v) is 2.63. The number of rotatable bonds is 9. The average Bonchev–Trinajstić information content (AvgIpc) is 2.92. The summed E-state index contributed by atoms with van der Waals surface area (Å²) < 4.78 is 0. The van der Waals surface area contributed by atoms with Gasteiger partial charge in [-0.2, -0.15) is 0 Å². The van der Waals surface area contributed by atoms with Crippen LogP contribution >= 0.6 is 0 Å². The maximum absolute atomic E-state index is 12.4. The fraction of sp³-hybridized carbons (Fsp3) is 0.750. The Morgan fingerprint density at radius 1 is 1.25 bits per heavy atom. The first-order valence-corrected chi connectivity index (χ1v) is 8.44. The standard InChI is InChI=1S/C16H28N4O4/c1-4-5-10(19-16(24)11-6-7-13(21)18-11)15(23)20-12(14(17)22)8-9(2)3/h9-12H,4-8H2,1-3H3,(H2,17,22)(H,18,21)(H,19,24)(H,20,23). The summed E-state index contributed by atoms with van der Waals surface area (Å²) in [6, 6.07) is -2.12. The molecule has 1 saturated heterocycles. The van der Waals surface area contributed by atoms with Gasteiger partial charge in [-0.1, -0.05) is 27.2 Å². The zero-order valence-electron chi connectivity index (χ0n) is 14.6. The van der Waals surface area contributed by atoms with E-state index in [2.05, 4.69) is 16.0 Å². The van der Waals surface area contributed by atoms with Gasteiger partial charge in [0.2, 0.25) is 23.6 Å². The Kier molecular flexibility index (Phi) is 7.67. The van der Waals surface area contributed by atoms with Crippen LogP contribution in [0.5, 0.6) is 0 Å². The lowest BCUT2D eigenvalue weighted by Crippen LogP contribution is -2.55. The van der Waals surface area contributed by atoms with E-state index in [-0.39, 0.29) is 17.7 Å². The minimum Gasteiger partial charge on any atom is -0.368 e. The molecule has 136 valence electrons. The molecule has 8 heteroatoms. The Hall–Kier alpha value is -2.12. The summed E-state index contributed by atoms with van der Waals surface area (Å²) in [6.45, 7) is 5.75. The molecular weight excluding hydrogens is 312 g/mol. The van der Waals surface area contributed by atoms with Crippen molar-refractivity contribution in [3.63, 3.8) is 0 Å². The third-order valence-electron chi connectivity index (χ3n) is 3.89. The molecule has 3 atom stereocenters. The van der Waals surface area contributed by atoms with Crippen molar-refractivity contribution < 1.29 is 19.2 Å². The van der Waals surface area contributed by atoms with Gasteiger partial charge < -0.3 is 21.7 Å². The highest BCUT2D eigenvalue weighted by atomic mass is 16.2. The monoisotopic (exact) mass is 340 g/mol. The molecule has 1 rings (SSSR count). The number of amides is 4. The van der Waals surface area contributed by atoms with E-state index in [1.165, 1.54) is 0 Å². The maximum Gasteiger partial charge on any atom is 0.243 e. The zero-order valence-corrected chi connectivity index (χ0v) is 14.6. The summed E-state index contributed by atoms with van der Waals surface area (Å²) in [5, 5.41) is 7.85. The second-order valence-electron chi connectivity index (χ2n) is 6.60. The Morgan fingerprint density at radius 3 is 2.38 bits per heavy atom. The molecule has 1 fully saturated rings. The second kappa shape index (κ2) is 9.24. The molecule has 0 aromatic carbocycles. The number of nitrogens with two attached hydrogens (primary N) is 1. The van der Waals surface area contributed by atoms with Crippen molar-refractivity contribution in [1.82, 2.24) is 16.0 Å². The normalized spacial score (nSPS) is 19.5. The van der Waals surface area contributed by atoms with Crippen LogP contribution in [0.25, 0.3) is 0 Å². The molecule has 5 N–H and O–H groups in total. The highest BCUT2D eigenvalue weighted by Crippen LogP contribution is 2.09. The lowest BCUT2D eigenvalue weighted by Gasteiger charge is -2.23. The number of hydrogen-bond donors (Lipinski definition) is 4. The highest BCUT2D eigenvalue weighted by molar-refractivity contribution is 5.95. The van der Waals surface area contributed by atoms with E-state index < -0.39 is 29.9 Å². The van der Waals surface area contributed by atoms with E-state index in [1.807, 2.05) is 20.8 Å². The molecule has 0 aromatic heterocycles. The Morgan fingerprint density at radius 2 is 1.92 bits per heavy atom. The Balaban J connectivity index is 2.67. The summed E-state index contributed by atoms with van der Waals surface area (Å²) in [4.78, 5) is 47.3. The summed E-state index contributed by atoms with van der Waals surface area (Å²) in [7, 11) is 0. The van der Waals surface area contributed by atoms with Crippen LogP contribution in [0.2, 0.25) is 0 Å². The number of primary amides is 1. The topological polar surface area (TPSA) is 130 Å². The van der Waals surface area contributed by atoms with Crippen molar-refractivity contribution in [2.75, 3.05) is 0 Å². The first kappa shape index (κ1) is 19.9. The lowest BCUT2D eigenvalue weighted by atomic mass is 10.0. The second-order valence-corrected chi connectivity index (χ2v) is 6.60. The smallest absolute Gasteiger partial charge is 0.243 e. The summed E-state index contributed by atoms with van der Waals surface area (Å²) in [5.41, 5.74) is 5.33.